The fourth-order valence-electron chi connectivity index (χ4n) is 1.49. The fourth-order valence-corrected chi connectivity index (χ4v) is 1.49. The van der Waals surface area contributed by atoms with Crippen LogP contribution in [0.3, 0.4) is 0 Å². The van der Waals surface area contributed by atoms with Crippen LogP contribution in [0, 0.1) is 0 Å². The Morgan fingerprint density at radius 2 is 2.17 bits per heavy atom. The Balaban J connectivity index is 1.77. The highest BCUT2D eigenvalue weighted by molar-refractivity contribution is 5.90. The van der Waals surface area contributed by atoms with Gasteiger partial charge in [-0.25, -0.2) is 0 Å². The Morgan fingerprint density at radius 1 is 1.39 bits per heavy atom. The number of carbonyl (C=O) groups is 1. The van der Waals surface area contributed by atoms with E-state index in [4.69, 9.17) is 0 Å². The number of aromatic amines is 1. The topological polar surface area (TPSA) is 86.8 Å². The van der Waals surface area contributed by atoms with Gasteiger partial charge in [0.2, 0.25) is 0 Å². The van der Waals surface area contributed by atoms with E-state index in [0.29, 0.717) is 13.1 Å². The van der Waals surface area contributed by atoms with Crippen molar-refractivity contribution in [3.05, 3.63) is 36.2 Å². The number of nitrogens with zero attached hydrogens (tertiary/aromatic N) is 4. The average molecular weight is 246 g/mol. The minimum absolute atomic E-state index is 0.0531. The number of anilines is 1. The average Bonchev–Trinajstić information content (AvgIpc) is 2.93. The second-order valence-electron chi connectivity index (χ2n) is 3.75. The van der Waals surface area contributed by atoms with E-state index in [2.05, 4.69) is 30.8 Å². The van der Waals surface area contributed by atoms with E-state index in [9.17, 15) is 4.79 Å². The third-order valence-electron chi connectivity index (χ3n) is 2.48. The highest BCUT2D eigenvalue weighted by atomic mass is 16.2. The van der Waals surface area contributed by atoms with Crippen molar-refractivity contribution in [3.8, 4) is 0 Å². The zero-order chi connectivity index (χ0) is 12.8. The number of likely N-dealkylation sites (N-methyl/N-ethyl adjacent to an activating group) is 1. The Kier molecular flexibility index (Phi) is 3.85. The molecule has 0 spiro atoms. The van der Waals surface area contributed by atoms with Crippen molar-refractivity contribution in [2.75, 3.05) is 25.0 Å². The molecule has 1 aromatic heterocycles. The number of amides is 1. The molecule has 7 heteroatoms. The fraction of sp³-hybridized carbons (Fsp3) is 0.273. The van der Waals surface area contributed by atoms with Gasteiger partial charge in [0.1, 0.15) is 0 Å². The van der Waals surface area contributed by atoms with Crippen LogP contribution in [0.5, 0.6) is 0 Å². The van der Waals surface area contributed by atoms with Gasteiger partial charge in [-0.2, -0.15) is 5.21 Å². The van der Waals surface area contributed by atoms with Gasteiger partial charge in [-0.1, -0.05) is 18.2 Å². The zero-order valence-corrected chi connectivity index (χ0v) is 10.00. The lowest BCUT2D eigenvalue weighted by atomic mass is 10.3. The van der Waals surface area contributed by atoms with Crippen LogP contribution in [0.4, 0.5) is 5.69 Å². The highest BCUT2D eigenvalue weighted by Crippen LogP contribution is 2.09. The molecule has 1 heterocycles. The Bertz CT molecular complexity index is 483. The number of carbonyl (C=O) groups excluding carboxylic acids is 1. The van der Waals surface area contributed by atoms with Crippen molar-refractivity contribution >= 4 is 11.6 Å². The lowest BCUT2D eigenvalue weighted by Crippen LogP contribution is -2.33. The zero-order valence-electron chi connectivity index (χ0n) is 10.00. The second kappa shape index (κ2) is 5.76. The van der Waals surface area contributed by atoms with Crippen LogP contribution in [-0.4, -0.2) is 46.7 Å². The van der Waals surface area contributed by atoms with Gasteiger partial charge >= 0.3 is 0 Å². The van der Waals surface area contributed by atoms with Crippen molar-refractivity contribution in [1.82, 2.24) is 25.9 Å². The van der Waals surface area contributed by atoms with Crippen molar-refractivity contribution in [1.29, 1.82) is 0 Å². The molecular weight excluding hydrogens is 232 g/mol. The van der Waals surface area contributed by atoms with Crippen molar-refractivity contribution in [2.45, 2.75) is 0 Å². The van der Waals surface area contributed by atoms with Crippen molar-refractivity contribution in [3.63, 3.8) is 0 Å². The van der Waals surface area contributed by atoms with E-state index in [1.807, 2.05) is 37.4 Å². The smallest absolute Gasteiger partial charge is 0.292 e. The normalized spacial score (nSPS) is 10.1. The molecule has 1 aromatic carbocycles. The van der Waals surface area contributed by atoms with Crippen LogP contribution in [0.1, 0.15) is 10.6 Å². The maximum Gasteiger partial charge on any atom is 0.292 e. The first-order valence-electron chi connectivity index (χ1n) is 5.55. The third kappa shape index (κ3) is 3.03. The van der Waals surface area contributed by atoms with Gasteiger partial charge in [0.15, 0.2) is 0 Å². The number of aromatic nitrogens is 4. The van der Waals surface area contributed by atoms with Gasteiger partial charge in [-0.15, -0.1) is 10.2 Å². The molecule has 0 saturated heterocycles. The summed E-state index contributed by atoms with van der Waals surface area (Å²) in [4.78, 5) is 13.6. The van der Waals surface area contributed by atoms with Gasteiger partial charge in [-0.3, -0.25) is 4.79 Å². The molecule has 0 radical (unpaired) electrons. The van der Waals surface area contributed by atoms with Gasteiger partial charge in [0.25, 0.3) is 11.7 Å². The molecule has 0 saturated carbocycles. The summed E-state index contributed by atoms with van der Waals surface area (Å²) in [5, 5.41) is 15.5. The van der Waals surface area contributed by atoms with Crippen LogP contribution in [0.15, 0.2) is 30.3 Å². The van der Waals surface area contributed by atoms with E-state index >= 15 is 0 Å². The largest absolute Gasteiger partial charge is 0.373 e. The van der Waals surface area contributed by atoms with Crippen LogP contribution in [0.25, 0.3) is 0 Å². The van der Waals surface area contributed by atoms with Crippen LogP contribution >= 0.6 is 0 Å². The summed E-state index contributed by atoms with van der Waals surface area (Å²) in [6.45, 7) is 1.21. The van der Waals surface area contributed by atoms with E-state index in [1.54, 1.807) is 0 Å². The molecule has 0 unspecified atom stereocenters. The molecule has 0 aliphatic rings. The summed E-state index contributed by atoms with van der Waals surface area (Å²) in [5.74, 6) is -0.275. The second-order valence-corrected chi connectivity index (χ2v) is 3.75. The standard InChI is InChI=1S/C11H14N6O/c1-17(9-5-3-2-4-6-9)8-7-12-11(18)10-13-15-16-14-10/h2-6H,7-8H2,1H3,(H,12,18)(H,13,14,15,16). The number of hydrogen-bond donors (Lipinski definition) is 2. The SMILES string of the molecule is CN(CCNC(=O)c1nn[nH]n1)c1ccccc1. The summed E-state index contributed by atoms with van der Waals surface area (Å²) < 4.78 is 0. The molecule has 0 bridgehead atoms. The molecule has 0 aliphatic carbocycles. The predicted molar refractivity (Wildman–Crippen MR) is 66.2 cm³/mol. The molecule has 2 aromatic rings. The van der Waals surface area contributed by atoms with Crippen LogP contribution in [-0.2, 0) is 0 Å². The van der Waals surface area contributed by atoms with Gasteiger partial charge in [0, 0.05) is 25.8 Å². The minimum Gasteiger partial charge on any atom is -0.373 e. The lowest BCUT2D eigenvalue weighted by Gasteiger charge is -2.18. The van der Waals surface area contributed by atoms with E-state index in [0.717, 1.165) is 5.69 Å². The number of para-hydroxylation sites is 1. The summed E-state index contributed by atoms with van der Waals surface area (Å²) in [6, 6.07) is 9.95. The quantitative estimate of drug-likeness (QED) is 0.779. The Hall–Kier alpha value is -2.44. The molecule has 0 aliphatic heterocycles. The highest BCUT2D eigenvalue weighted by Gasteiger charge is 2.09. The first-order chi connectivity index (χ1) is 8.77. The number of hydrogen-bond acceptors (Lipinski definition) is 5. The molecule has 94 valence electrons. The van der Waals surface area contributed by atoms with E-state index < -0.39 is 0 Å². The molecule has 18 heavy (non-hydrogen) atoms. The minimum atomic E-state index is -0.329. The maximum atomic E-state index is 11.5. The monoisotopic (exact) mass is 246 g/mol. The predicted octanol–water partition coefficient (Wildman–Crippen LogP) is 0.0659. The molecule has 2 rings (SSSR count). The van der Waals surface area contributed by atoms with Gasteiger partial charge in [-0.05, 0) is 17.3 Å². The first-order valence-corrected chi connectivity index (χ1v) is 5.55. The summed E-state index contributed by atoms with van der Waals surface area (Å²) in [6.07, 6.45) is 0. The molecule has 0 fully saturated rings. The first kappa shape index (κ1) is 12.0. The molecular formula is C11H14N6O. The third-order valence-corrected chi connectivity index (χ3v) is 2.48. The van der Waals surface area contributed by atoms with Gasteiger partial charge in [0.05, 0.1) is 0 Å². The van der Waals surface area contributed by atoms with Crippen LogP contribution < -0.4 is 10.2 Å². The Morgan fingerprint density at radius 3 is 2.83 bits per heavy atom. The van der Waals surface area contributed by atoms with Crippen molar-refractivity contribution in [2.24, 2.45) is 0 Å². The molecule has 1 amide bonds. The lowest BCUT2D eigenvalue weighted by molar-refractivity contribution is 0.0944. The summed E-state index contributed by atoms with van der Waals surface area (Å²) in [5.41, 5.74) is 1.10. The van der Waals surface area contributed by atoms with E-state index in [1.165, 1.54) is 0 Å². The Labute approximate surface area is 104 Å². The number of rotatable bonds is 5. The molecule has 0 atom stereocenters. The maximum absolute atomic E-state index is 11.5. The summed E-state index contributed by atoms with van der Waals surface area (Å²) in [7, 11) is 1.97. The summed E-state index contributed by atoms with van der Waals surface area (Å²) >= 11 is 0. The number of tetrazole rings is 1. The number of benzene rings is 1. The van der Waals surface area contributed by atoms with Crippen molar-refractivity contribution < 1.29 is 4.79 Å². The molecule has 7 nitrogen and oxygen atoms in total. The number of nitrogens with one attached hydrogen (secondary N) is 2. The van der Waals surface area contributed by atoms with Crippen LogP contribution in [0.2, 0.25) is 0 Å². The molecule has 2 N–H and O–H groups in total. The van der Waals surface area contributed by atoms with E-state index in [-0.39, 0.29) is 11.7 Å². The number of H-pyrrole nitrogens is 1. The van der Waals surface area contributed by atoms with Gasteiger partial charge < -0.3 is 10.2 Å².